The third-order valence-corrected chi connectivity index (χ3v) is 5.44. The van der Waals surface area contributed by atoms with Gasteiger partial charge in [0.05, 0.1) is 0 Å². The summed E-state index contributed by atoms with van der Waals surface area (Å²) in [5.74, 6) is 1.67. The highest BCUT2D eigenvalue weighted by molar-refractivity contribution is 4.65. The molecule has 2 nitrogen and oxygen atoms in total. The molecule has 1 aliphatic rings. The smallest absolute Gasteiger partial charge is 0.00163 e. The summed E-state index contributed by atoms with van der Waals surface area (Å²) >= 11 is 0. The molecule has 0 unspecified atom stereocenters. The normalized spacial score (nSPS) is 16.6. The highest BCUT2D eigenvalue weighted by Gasteiger charge is 2.09. The number of unbranched alkanes of at least 4 members (excludes halogenated alkanes) is 4. The average Bonchev–Trinajstić information content (AvgIpc) is 2.56. The number of nitrogens with zero attached hydrogens (tertiary/aromatic N) is 2. The van der Waals surface area contributed by atoms with E-state index in [4.69, 9.17) is 0 Å². The average molecular weight is 339 g/mol. The van der Waals surface area contributed by atoms with Crippen LogP contribution in [0.1, 0.15) is 91.9 Å². The van der Waals surface area contributed by atoms with Gasteiger partial charge >= 0.3 is 0 Å². The Kier molecular flexibility index (Phi) is 12.9. The summed E-state index contributed by atoms with van der Waals surface area (Å²) < 4.78 is 0. The van der Waals surface area contributed by atoms with Crippen LogP contribution in [0.3, 0.4) is 0 Å². The fourth-order valence-corrected chi connectivity index (χ4v) is 3.60. The van der Waals surface area contributed by atoms with Gasteiger partial charge in [0.15, 0.2) is 0 Å². The molecule has 1 rings (SSSR count). The molecule has 24 heavy (non-hydrogen) atoms. The SMILES string of the molecule is CC(C)CCN(CCCCCCCN1CCCCC1)CCC(C)C. The zero-order valence-electron chi connectivity index (χ0n) is 17.4. The van der Waals surface area contributed by atoms with Gasteiger partial charge < -0.3 is 9.80 Å². The first-order valence-corrected chi connectivity index (χ1v) is 11.0. The summed E-state index contributed by atoms with van der Waals surface area (Å²) in [5, 5.41) is 0. The molecule has 0 aromatic rings. The van der Waals surface area contributed by atoms with E-state index in [1.165, 1.54) is 103 Å². The van der Waals surface area contributed by atoms with Crippen molar-refractivity contribution in [3.05, 3.63) is 0 Å². The molecule has 0 atom stereocenters. The van der Waals surface area contributed by atoms with Crippen LogP contribution in [0.25, 0.3) is 0 Å². The second kappa shape index (κ2) is 14.1. The molecule has 0 bridgehead atoms. The maximum atomic E-state index is 2.73. The molecule has 1 aliphatic heterocycles. The molecule has 1 fully saturated rings. The van der Waals surface area contributed by atoms with E-state index >= 15 is 0 Å². The molecule has 0 spiro atoms. The molecular weight excluding hydrogens is 292 g/mol. The summed E-state index contributed by atoms with van der Waals surface area (Å²) in [6.45, 7) is 17.4. The van der Waals surface area contributed by atoms with Gasteiger partial charge in [0.25, 0.3) is 0 Å². The lowest BCUT2D eigenvalue weighted by Crippen LogP contribution is -2.30. The second-order valence-corrected chi connectivity index (χ2v) is 8.88. The van der Waals surface area contributed by atoms with Crippen molar-refractivity contribution in [3.63, 3.8) is 0 Å². The Labute approximate surface area is 153 Å². The molecule has 144 valence electrons. The van der Waals surface area contributed by atoms with Crippen LogP contribution in [-0.2, 0) is 0 Å². The minimum Gasteiger partial charge on any atom is -0.303 e. The maximum Gasteiger partial charge on any atom is -0.00163 e. The molecule has 0 N–H and O–H groups in total. The van der Waals surface area contributed by atoms with E-state index in [0.29, 0.717) is 0 Å². The third kappa shape index (κ3) is 12.3. The minimum absolute atomic E-state index is 0.835. The monoisotopic (exact) mass is 338 g/mol. The lowest BCUT2D eigenvalue weighted by molar-refractivity contribution is 0.222. The van der Waals surface area contributed by atoms with Gasteiger partial charge in [-0.1, -0.05) is 53.4 Å². The topological polar surface area (TPSA) is 6.48 Å². The predicted molar refractivity (Wildman–Crippen MR) is 109 cm³/mol. The van der Waals surface area contributed by atoms with E-state index in [1.54, 1.807) is 0 Å². The molecule has 2 heteroatoms. The zero-order valence-corrected chi connectivity index (χ0v) is 17.4. The fourth-order valence-electron chi connectivity index (χ4n) is 3.60. The van der Waals surface area contributed by atoms with Gasteiger partial charge in [-0.15, -0.1) is 0 Å². The van der Waals surface area contributed by atoms with Gasteiger partial charge in [-0.05, 0) is 89.6 Å². The Morgan fingerprint density at radius 1 is 0.667 bits per heavy atom. The molecule has 0 saturated carbocycles. The van der Waals surface area contributed by atoms with Crippen molar-refractivity contribution in [3.8, 4) is 0 Å². The molecular formula is C22H46N2. The predicted octanol–water partition coefficient (Wildman–Crippen LogP) is 5.82. The Hall–Kier alpha value is -0.0800. The molecule has 0 aromatic carbocycles. The molecule has 0 aromatic heterocycles. The van der Waals surface area contributed by atoms with Crippen molar-refractivity contribution in [2.24, 2.45) is 11.8 Å². The maximum absolute atomic E-state index is 2.73. The van der Waals surface area contributed by atoms with Crippen LogP contribution in [0, 0.1) is 11.8 Å². The Bertz CT molecular complexity index is 257. The van der Waals surface area contributed by atoms with Crippen LogP contribution < -0.4 is 0 Å². The summed E-state index contributed by atoms with van der Waals surface area (Å²) in [7, 11) is 0. The first-order chi connectivity index (χ1) is 11.6. The van der Waals surface area contributed by atoms with Crippen molar-refractivity contribution < 1.29 is 0 Å². The van der Waals surface area contributed by atoms with Crippen molar-refractivity contribution in [1.29, 1.82) is 0 Å². The summed E-state index contributed by atoms with van der Waals surface area (Å²) in [6, 6.07) is 0. The van der Waals surface area contributed by atoms with Crippen molar-refractivity contribution in [1.82, 2.24) is 9.80 Å². The summed E-state index contributed by atoms with van der Waals surface area (Å²) in [4.78, 5) is 5.41. The zero-order chi connectivity index (χ0) is 17.6. The fraction of sp³-hybridized carbons (Fsp3) is 1.00. The van der Waals surface area contributed by atoms with E-state index < -0.39 is 0 Å². The molecule has 1 saturated heterocycles. The van der Waals surface area contributed by atoms with Crippen LogP contribution in [0.2, 0.25) is 0 Å². The minimum atomic E-state index is 0.835. The largest absolute Gasteiger partial charge is 0.303 e. The molecule has 0 aliphatic carbocycles. The first-order valence-electron chi connectivity index (χ1n) is 11.0. The van der Waals surface area contributed by atoms with E-state index in [1.807, 2.05) is 0 Å². The van der Waals surface area contributed by atoms with Gasteiger partial charge in [-0.3, -0.25) is 0 Å². The lowest BCUT2D eigenvalue weighted by Gasteiger charge is -2.26. The number of likely N-dealkylation sites (tertiary alicyclic amines) is 1. The van der Waals surface area contributed by atoms with E-state index in [0.717, 1.165) is 11.8 Å². The van der Waals surface area contributed by atoms with Gasteiger partial charge in [0.1, 0.15) is 0 Å². The quantitative estimate of drug-likeness (QED) is 0.368. The number of piperidine rings is 1. The van der Waals surface area contributed by atoms with Crippen LogP contribution in [0.5, 0.6) is 0 Å². The molecule has 1 heterocycles. The first kappa shape index (κ1) is 22.0. The van der Waals surface area contributed by atoms with Crippen LogP contribution in [0.4, 0.5) is 0 Å². The number of hydrogen-bond acceptors (Lipinski definition) is 2. The summed E-state index contributed by atoms with van der Waals surface area (Å²) in [6.07, 6.45) is 14.2. The van der Waals surface area contributed by atoms with Crippen LogP contribution in [-0.4, -0.2) is 49.1 Å². The molecule has 0 amide bonds. The van der Waals surface area contributed by atoms with E-state index in [-0.39, 0.29) is 0 Å². The van der Waals surface area contributed by atoms with E-state index in [9.17, 15) is 0 Å². The van der Waals surface area contributed by atoms with Gasteiger partial charge in [0.2, 0.25) is 0 Å². The number of hydrogen-bond donors (Lipinski definition) is 0. The Morgan fingerprint density at radius 2 is 1.21 bits per heavy atom. The Balaban J connectivity index is 2.01. The second-order valence-electron chi connectivity index (χ2n) is 8.88. The number of rotatable bonds is 14. The van der Waals surface area contributed by atoms with Crippen molar-refractivity contribution >= 4 is 0 Å². The van der Waals surface area contributed by atoms with Crippen molar-refractivity contribution in [2.75, 3.05) is 39.3 Å². The van der Waals surface area contributed by atoms with Gasteiger partial charge in [-0.25, -0.2) is 0 Å². The van der Waals surface area contributed by atoms with Gasteiger partial charge in [-0.2, -0.15) is 0 Å². The van der Waals surface area contributed by atoms with Crippen LogP contribution >= 0.6 is 0 Å². The van der Waals surface area contributed by atoms with Crippen molar-refractivity contribution in [2.45, 2.75) is 91.9 Å². The van der Waals surface area contributed by atoms with E-state index in [2.05, 4.69) is 37.5 Å². The third-order valence-electron chi connectivity index (χ3n) is 5.44. The Morgan fingerprint density at radius 3 is 1.79 bits per heavy atom. The molecule has 0 radical (unpaired) electrons. The standard InChI is InChI=1S/C22H46N2/c1-21(2)13-19-24(20-14-22(3)4)18-10-7-5-6-9-15-23-16-11-8-12-17-23/h21-22H,5-20H2,1-4H3. The van der Waals surface area contributed by atoms with Gasteiger partial charge in [0, 0.05) is 0 Å². The lowest BCUT2D eigenvalue weighted by atomic mass is 10.1. The van der Waals surface area contributed by atoms with Crippen LogP contribution in [0.15, 0.2) is 0 Å². The highest BCUT2D eigenvalue weighted by Crippen LogP contribution is 2.12. The summed E-state index contributed by atoms with van der Waals surface area (Å²) in [5.41, 5.74) is 0. The highest BCUT2D eigenvalue weighted by atomic mass is 15.1.